The molecule has 0 spiro atoms. The van der Waals surface area contributed by atoms with Crippen molar-refractivity contribution in [1.29, 1.82) is 0 Å². The third-order valence-corrected chi connectivity index (χ3v) is 6.65. The lowest BCUT2D eigenvalue weighted by molar-refractivity contribution is -0.138. The Morgan fingerprint density at radius 2 is 2.00 bits per heavy atom. The van der Waals surface area contributed by atoms with Crippen LogP contribution >= 0.6 is 0 Å². The number of hydrogen-bond acceptors (Lipinski definition) is 4. The van der Waals surface area contributed by atoms with Crippen LogP contribution in [0.5, 0.6) is 0 Å². The summed E-state index contributed by atoms with van der Waals surface area (Å²) < 4.78 is 5.67. The van der Waals surface area contributed by atoms with Gasteiger partial charge in [0.1, 0.15) is 0 Å². The van der Waals surface area contributed by atoms with Gasteiger partial charge in [-0.05, 0) is 43.2 Å². The first-order valence-electron chi connectivity index (χ1n) is 10.2. The number of nitrogens with zero attached hydrogens (tertiary/aromatic N) is 3. The summed E-state index contributed by atoms with van der Waals surface area (Å²) in [6, 6.07) is 5.00. The van der Waals surface area contributed by atoms with Crippen LogP contribution in [-0.4, -0.2) is 59.6 Å². The minimum absolute atomic E-state index is 0.251. The fraction of sp³-hybridized carbons (Fsp3) is 0.714. The van der Waals surface area contributed by atoms with Gasteiger partial charge in [-0.15, -0.1) is 0 Å². The van der Waals surface area contributed by atoms with E-state index in [-0.39, 0.29) is 6.10 Å². The molecule has 1 saturated carbocycles. The molecule has 2 atom stereocenters. The highest BCUT2D eigenvalue weighted by molar-refractivity contribution is 5.76. The molecule has 0 N–H and O–H groups in total. The molecule has 1 amide bonds. The van der Waals surface area contributed by atoms with Gasteiger partial charge in [0.05, 0.1) is 12.1 Å². The average Bonchev–Trinajstić information content (AvgIpc) is 3.16. The molecule has 2 saturated heterocycles. The number of hydrogen-bond donors (Lipinski definition) is 0. The average molecular weight is 357 g/mol. The number of amides is 1. The number of rotatable bonds is 5. The van der Waals surface area contributed by atoms with Gasteiger partial charge in [-0.1, -0.05) is 18.9 Å². The molecule has 142 valence electrons. The van der Waals surface area contributed by atoms with Gasteiger partial charge in [0.25, 0.3) is 0 Å². The van der Waals surface area contributed by atoms with Crippen molar-refractivity contribution in [3.05, 3.63) is 30.1 Å². The van der Waals surface area contributed by atoms with Crippen LogP contribution in [0, 0.1) is 5.92 Å². The Morgan fingerprint density at radius 1 is 1.23 bits per heavy atom. The predicted molar refractivity (Wildman–Crippen MR) is 101 cm³/mol. The zero-order valence-electron chi connectivity index (χ0n) is 15.8. The molecule has 3 fully saturated rings. The third kappa shape index (κ3) is 3.65. The number of piperidine rings is 1. The Balaban J connectivity index is 1.32. The maximum atomic E-state index is 12.6. The summed E-state index contributed by atoms with van der Waals surface area (Å²) in [7, 11) is 1.80. The fourth-order valence-corrected chi connectivity index (χ4v) is 5.07. The lowest BCUT2D eigenvalue weighted by Crippen LogP contribution is -2.60. The highest BCUT2D eigenvalue weighted by Gasteiger charge is 2.44. The van der Waals surface area contributed by atoms with Crippen LogP contribution in [0.2, 0.25) is 0 Å². The van der Waals surface area contributed by atoms with E-state index in [9.17, 15) is 4.79 Å². The van der Waals surface area contributed by atoms with Gasteiger partial charge >= 0.3 is 0 Å². The molecule has 0 unspecified atom stereocenters. The van der Waals surface area contributed by atoms with Crippen LogP contribution in [0.1, 0.15) is 56.6 Å². The van der Waals surface area contributed by atoms with Crippen molar-refractivity contribution in [3.8, 4) is 0 Å². The van der Waals surface area contributed by atoms with Crippen molar-refractivity contribution >= 4 is 5.91 Å². The molecule has 1 aliphatic carbocycles. The highest BCUT2D eigenvalue weighted by atomic mass is 16.5. The fourth-order valence-electron chi connectivity index (χ4n) is 5.07. The number of pyridine rings is 1. The molecule has 0 aromatic carbocycles. The molecule has 1 aromatic heterocycles. The zero-order valence-corrected chi connectivity index (χ0v) is 15.8. The normalized spacial score (nSPS) is 28.3. The first kappa shape index (κ1) is 17.9. The Morgan fingerprint density at radius 3 is 2.65 bits per heavy atom. The molecule has 5 nitrogen and oxygen atoms in total. The van der Waals surface area contributed by atoms with Gasteiger partial charge in [0, 0.05) is 51.6 Å². The second-order valence-electron chi connectivity index (χ2n) is 8.17. The van der Waals surface area contributed by atoms with Gasteiger partial charge < -0.3 is 9.64 Å². The second kappa shape index (κ2) is 8.05. The molecule has 1 aromatic rings. The predicted octanol–water partition coefficient (Wildman–Crippen LogP) is 3.02. The van der Waals surface area contributed by atoms with Crippen LogP contribution in [0.15, 0.2) is 24.5 Å². The summed E-state index contributed by atoms with van der Waals surface area (Å²) >= 11 is 0. The second-order valence-corrected chi connectivity index (χ2v) is 8.17. The lowest BCUT2D eigenvalue weighted by Gasteiger charge is -2.53. The van der Waals surface area contributed by atoms with Crippen molar-refractivity contribution in [2.75, 3.05) is 26.7 Å². The molecule has 2 aliphatic heterocycles. The van der Waals surface area contributed by atoms with Crippen LogP contribution in [0.3, 0.4) is 0 Å². The van der Waals surface area contributed by atoms with E-state index in [0.29, 0.717) is 23.9 Å². The van der Waals surface area contributed by atoms with Crippen molar-refractivity contribution in [2.24, 2.45) is 5.92 Å². The Labute approximate surface area is 156 Å². The van der Waals surface area contributed by atoms with E-state index in [1.807, 2.05) is 18.5 Å². The zero-order chi connectivity index (χ0) is 17.9. The molecule has 4 rings (SSSR count). The minimum Gasteiger partial charge on any atom is -0.378 e. The molecular formula is C21H31N3O2. The third-order valence-electron chi connectivity index (χ3n) is 6.65. The van der Waals surface area contributed by atoms with Crippen molar-refractivity contribution in [3.63, 3.8) is 0 Å². The Kier molecular flexibility index (Phi) is 5.55. The van der Waals surface area contributed by atoms with Crippen molar-refractivity contribution < 1.29 is 9.53 Å². The number of likely N-dealkylation sites (tertiary alicyclic amines) is 2. The molecule has 26 heavy (non-hydrogen) atoms. The Hall–Kier alpha value is -1.46. The standard InChI is InChI=1S/C21H31N3O2/c1-26-19-15-24(21(19)17-7-4-10-22-14-17)18-8-11-23(12-9-18)20(25)13-16-5-2-3-6-16/h4,7,10,14,16,18-19,21H,2-3,5-6,8-9,11-13,15H2,1H3/t19-,21-/m0/s1. The van der Waals surface area contributed by atoms with E-state index in [1.54, 1.807) is 7.11 Å². The van der Waals surface area contributed by atoms with Gasteiger partial charge in [-0.2, -0.15) is 0 Å². The number of methoxy groups -OCH3 is 1. The molecule has 0 bridgehead atoms. The van der Waals surface area contributed by atoms with Crippen molar-refractivity contribution in [2.45, 2.75) is 63.1 Å². The SMILES string of the molecule is CO[C@H]1CN(C2CCN(C(=O)CC3CCCC3)CC2)[C@H]1c1cccnc1. The summed E-state index contributed by atoms with van der Waals surface area (Å²) in [6.07, 6.45) is 12.1. The first-order valence-corrected chi connectivity index (χ1v) is 10.2. The van der Waals surface area contributed by atoms with Crippen LogP contribution in [0.4, 0.5) is 0 Å². The van der Waals surface area contributed by atoms with Crippen LogP contribution < -0.4 is 0 Å². The summed E-state index contributed by atoms with van der Waals surface area (Å²) in [5.74, 6) is 1.03. The lowest BCUT2D eigenvalue weighted by atomic mass is 9.87. The maximum absolute atomic E-state index is 12.6. The van der Waals surface area contributed by atoms with E-state index in [4.69, 9.17) is 4.74 Å². The summed E-state index contributed by atoms with van der Waals surface area (Å²) in [4.78, 5) is 21.5. The van der Waals surface area contributed by atoms with E-state index in [1.165, 1.54) is 31.2 Å². The largest absolute Gasteiger partial charge is 0.378 e. The number of ether oxygens (including phenoxy) is 1. The van der Waals surface area contributed by atoms with Gasteiger partial charge in [0.15, 0.2) is 0 Å². The van der Waals surface area contributed by atoms with Crippen molar-refractivity contribution in [1.82, 2.24) is 14.8 Å². The number of carbonyl (C=O) groups is 1. The monoisotopic (exact) mass is 357 g/mol. The van der Waals surface area contributed by atoms with Gasteiger partial charge in [-0.25, -0.2) is 0 Å². The topological polar surface area (TPSA) is 45.7 Å². The van der Waals surface area contributed by atoms with Gasteiger partial charge in [-0.3, -0.25) is 14.7 Å². The summed E-state index contributed by atoms with van der Waals surface area (Å²) in [5, 5.41) is 0. The summed E-state index contributed by atoms with van der Waals surface area (Å²) in [5.41, 5.74) is 1.24. The Bertz CT molecular complexity index is 595. The van der Waals surface area contributed by atoms with Gasteiger partial charge in [0.2, 0.25) is 5.91 Å². The van der Waals surface area contributed by atoms with Crippen LogP contribution in [0.25, 0.3) is 0 Å². The molecule has 0 radical (unpaired) electrons. The van der Waals surface area contributed by atoms with Crippen LogP contribution in [-0.2, 0) is 9.53 Å². The smallest absolute Gasteiger partial charge is 0.222 e. The van der Waals surface area contributed by atoms with E-state index >= 15 is 0 Å². The maximum Gasteiger partial charge on any atom is 0.222 e. The van der Waals surface area contributed by atoms with E-state index in [2.05, 4.69) is 20.9 Å². The first-order chi connectivity index (χ1) is 12.8. The summed E-state index contributed by atoms with van der Waals surface area (Å²) in [6.45, 7) is 2.80. The van der Waals surface area contributed by atoms with E-state index in [0.717, 1.165) is 38.9 Å². The molecule has 3 aliphatic rings. The minimum atomic E-state index is 0.251. The molecular weight excluding hydrogens is 326 g/mol. The quantitative estimate of drug-likeness (QED) is 0.813. The molecule has 5 heteroatoms. The molecule has 3 heterocycles. The van der Waals surface area contributed by atoms with E-state index < -0.39 is 0 Å². The number of carbonyl (C=O) groups excluding carboxylic acids is 1. The highest BCUT2D eigenvalue weighted by Crippen LogP contribution is 2.39. The number of aromatic nitrogens is 1.